The third kappa shape index (κ3) is 8.37. The average molecular weight is 551 g/mol. The van der Waals surface area contributed by atoms with Crippen molar-refractivity contribution in [3.8, 4) is 0 Å². The molecule has 0 aliphatic carbocycles. The minimum absolute atomic E-state index is 0.0270. The molecule has 2 amide bonds. The highest BCUT2D eigenvalue weighted by atomic mass is 32.2. The van der Waals surface area contributed by atoms with E-state index in [1.165, 1.54) is 36.0 Å². The van der Waals surface area contributed by atoms with E-state index < -0.39 is 19.3 Å². The molecule has 0 bridgehead atoms. The Hall–Kier alpha value is -2.77. The summed E-state index contributed by atoms with van der Waals surface area (Å²) in [6, 6.07) is 5.55. The van der Waals surface area contributed by atoms with E-state index >= 15 is 0 Å². The molecule has 2 saturated heterocycles. The van der Waals surface area contributed by atoms with Crippen molar-refractivity contribution in [3.05, 3.63) is 39.9 Å². The first kappa shape index (κ1) is 28.8. The van der Waals surface area contributed by atoms with E-state index in [0.717, 1.165) is 6.42 Å². The fourth-order valence-corrected chi connectivity index (χ4v) is 6.82. The molecule has 3 rings (SSSR count). The van der Waals surface area contributed by atoms with Crippen LogP contribution in [0.3, 0.4) is 0 Å². The summed E-state index contributed by atoms with van der Waals surface area (Å²) in [5, 5.41) is 13.7. The van der Waals surface area contributed by atoms with Crippen molar-refractivity contribution in [1.29, 1.82) is 0 Å². The molecular weight excluding hydrogens is 516 g/mol. The highest BCUT2D eigenvalue weighted by Crippen LogP contribution is 2.30. The second-order valence-corrected chi connectivity index (χ2v) is 16.1. The molecule has 13 heteroatoms. The van der Waals surface area contributed by atoms with Gasteiger partial charge >= 0.3 is 6.09 Å². The maximum Gasteiger partial charge on any atom is 0.435 e. The van der Waals surface area contributed by atoms with E-state index in [1.54, 1.807) is 6.92 Å². The molecule has 0 radical (unpaired) electrons. The lowest BCUT2D eigenvalue weighted by Gasteiger charge is -2.41. The van der Waals surface area contributed by atoms with Gasteiger partial charge in [-0.2, -0.15) is 4.99 Å². The summed E-state index contributed by atoms with van der Waals surface area (Å²) in [4.78, 5) is 53.1. The van der Waals surface area contributed by atoms with Crippen LogP contribution in [0.15, 0.2) is 29.3 Å². The molecule has 11 nitrogen and oxygen atoms in total. The van der Waals surface area contributed by atoms with Crippen LogP contribution in [0.1, 0.15) is 32.3 Å². The largest absolute Gasteiger partial charge is 0.443 e. The number of ether oxygens (including phenoxy) is 1. The minimum atomic E-state index is -1.80. The average Bonchev–Trinajstić information content (AvgIpc) is 3.24. The Morgan fingerprint density at radius 3 is 2.57 bits per heavy atom. The molecule has 0 aromatic heterocycles. The van der Waals surface area contributed by atoms with Gasteiger partial charge in [-0.05, 0) is 57.6 Å². The van der Waals surface area contributed by atoms with Gasteiger partial charge < -0.3 is 19.4 Å². The molecule has 2 fully saturated rings. The van der Waals surface area contributed by atoms with Crippen LogP contribution in [0, 0.1) is 16.0 Å². The number of amides is 2. The second-order valence-electron chi connectivity index (χ2n) is 10.3. The van der Waals surface area contributed by atoms with E-state index in [2.05, 4.69) is 30.0 Å². The van der Waals surface area contributed by atoms with Crippen molar-refractivity contribution in [3.63, 3.8) is 0 Å². The van der Waals surface area contributed by atoms with E-state index in [-0.39, 0.29) is 53.1 Å². The summed E-state index contributed by atoms with van der Waals surface area (Å²) in [5.74, 6) is 0.142. The van der Waals surface area contributed by atoms with Gasteiger partial charge in [-0.3, -0.25) is 19.7 Å². The Morgan fingerprint density at radius 2 is 1.97 bits per heavy atom. The third-order valence-corrected chi connectivity index (χ3v) is 8.39. The number of amidine groups is 1. The first-order valence-electron chi connectivity index (χ1n) is 12.2. The normalized spacial score (nSPS) is 22.7. The molecule has 2 aliphatic heterocycles. The second kappa shape index (κ2) is 12.2. The first-order chi connectivity index (χ1) is 17.3. The predicted molar refractivity (Wildman–Crippen MR) is 143 cm³/mol. The number of benzene rings is 1. The van der Waals surface area contributed by atoms with Crippen molar-refractivity contribution in [2.24, 2.45) is 10.9 Å². The van der Waals surface area contributed by atoms with Crippen LogP contribution in [0.2, 0.25) is 19.6 Å². The van der Waals surface area contributed by atoms with Gasteiger partial charge in [-0.1, -0.05) is 11.8 Å². The molecule has 1 N–H and O–H groups in total. The Labute approximate surface area is 221 Å². The molecule has 1 unspecified atom stereocenters. The number of hydrogen-bond donors (Lipinski definition) is 1. The molecule has 37 heavy (non-hydrogen) atoms. The highest BCUT2D eigenvalue weighted by molar-refractivity contribution is 8.14. The Morgan fingerprint density at radius 1 is 1.30 bits per heavy atom. The molecule has 2 heterocycles. The van der Waals surface area contributed by atoms with Crippen LogP contribution in [-0.4, -0.2) is 71.6 Å². The fourth-order valence-electron chi connectivity index (χ4n) is 4.43. The summed E-state index contributed by atoms with van der Waals surface area (Å²) in [6.45, 7) is 11.1. The smallest absolute Gasteiger partial charge is 0.435 e. The number of aliphatic imine (C=N–C) groups is 1. The summed E-state index contributed by atoms with van der Waals surface area (Å²) in [5.41, 5.74) is 0.584. The molecular formula is C24H34N4O7SSi. The monoisotopic (exact) mass is 550 g/mol. The number of rotatable bonds is 9. The molecule has 0 saturated carbocycles. The van der Waals surface area contributed by atoms with Crippen LogP contribution in [0.25, 0.3) is 0 Å². The van der Waals surface area contributed by atoms with E-state index in [4.69, 9.17) is 9.16 Å². The summed E-state index contributed by atoms with van der Waals surface area (Å²) in [6.07, 6.45) is 0.0732. The lowest BCUT2D eigenvalue weighted by Crippen LogP contribution is -2.63. The van der Waals surface area contributed by atoms with Crippen molar-refractivity contribution >= 4 is 48.7 Å². The van der Waals surface area contributed by atoms with Crippen LogP contribution >= 0.6 is 11.8 Å². The summed E-state index contributed by atoms with van der Waals surface area (Å²) >= 11 is 1.28. The first-order valence-corrected chi connectivity index (χ1v) is 16.5. The quantitative estimate of drug-likeness (QED) is 0.122. The SMILES string of the molecule is C/C(=N\C(=O)OCc1ccc([N+](=O)[O-])cc1)N1CCC(SC(=O)C[C@H]2NC(=O)[C@@H]2[C@@H](C)O[Si](C)(C)C)C1. The number of carbonyl (C=O) groups is 3. The van der Waals surface area contributed by atoms with Gasteiger partial charge in [0.1, 0.15) is 12.4 Å². The number of thioether (sulfide) groups is 1. The van der Waals surface area contributed by atoms with Gasteiger partial charge in [0.25, 0.3) is 5.69 Å². The van der Waals surface area contributed by atoms with Crippen molar-refractivity contribution in [2.75, 3.05) is 13.1 Å². The Bertz CT molecular complexity index is 1060. The zero-order valence-corrected chi connectivity index (χ0v) is 23.6. The highest BCUT2D eigenvalue weighted by Gasteiger charge is 2.45. The van der Waals surface area contributed by atoms with Gasteiger partial charge in [0.2, 0.25) is 5.91 Å². The molecule has 0 spiro atoms. The van der Waals surface area contributed by atoms with Crippen LogP contribution in [0.4, 0.5) is 10.5 Å². The minimum Gasteiger partial charge on any atom is -0.443 e. The number of non-ortho nitro benzene ring substituents is 1. The number of likely N-dealkylation sites (tertiary alicyclic amines) is 1. The van der Waals surface area contributed by atoms with Crippen LogP contribution in [-0.2, 0) is 25.4 Å². The Balaban J connectivity index is 1.42. The zero-order chi connectivity index (χ0) is 27.3. The summed E-state index contributed by atoms with van der Waals surface area (Å²) < 4.78 is 11.2. The molecule has 1 aromatic carbocycles. The number of nitro benzene ring substituents is 1. The topological polar surface area (TPSA) is 140 Å². The number of carbonyl (C=O) groups excluding carboxylic acids is 3. The summed E-state index contributed by atoms with van der Waals surface area (Å²) in [7, 11) is -1.80. The third-order valence-electron chi connectivity index (χ3n) is 6.16. The maximum absolute atomic E-state index is 12.7. The lowest BCUT2D eigenvalue weighted by atomic mass is 9.84. The number of nitro groups is 1. The predicted octanol–water partition coefficient (Wildman–Crippen LogP) is 3.73. The Kier molecular flexibility index (Phi) is 9.48. The standard InChI is InChI=1S/C24H34N4O7SSi/c1-15(35-37(3,4)5)22-20(26-23(22)30)12-21(29)36-19-10-11-27(13-19)16(2)25-24(31)34-14-17-6-8-18(9-7-17)28(32)33/h6-9,15,19-20,22H,10-14H2,1-5H3,(H,26,30)/b25-16+/t15-,19?,20-,22-/m1/s1. The van der Waals surface area contributed by atoms with Gasteiger partial charge in [0.05, 0.1) is 23.0 Å². The van der Waals surface area contributed by atoms with Crippen molar-refractivity contribution < 1.29 is 28.5 Å². The number of hydrogen-bond acceptors (Lipinski definition) is 8. The molecule has 202 valence electrons. The fraction of sp³-hybridized carbons (Fsp3) is 0.583. The van der Waals surface area contributed by atoms with Gasteiger partial charge in [0.15, 0.2) is 13.4 Å². The number of nitrogens with one attached hydrogen (secondary N) is 1. The van der Waals surface area contributed by atoms with Gasteiger partial charge in [-0.15, -0.1) is 0 Å². The number of nitrogens with zero attached hydrogens (tertiary/aromatic N) is 3. The van der Waals surface area contributed by atoms with Crippen LogP contribution in [0.5, 0.6) is 0 Å². The molecule has 1 aromatic rings. The van der Waals surface area contributed by atoms with Crippen molar-refractivity contribution in [1.82, 2.24) is 10.2 Å². The van der Waals surface area contributed by atoms with E-state index in [0.29, 0.717) is 24.5 Å². The molecule has 4 atom stereocenters. The molecule has 2 aliphatic rings. The number of β-lactam (4-membered cyclic amide) rings is 1. The maximum atomic E-state index is 12.7. The van der Waals surface area contributed by atoms with Gasteiger partial charge in [0, 0.05) is 36.9 Å². The van der Waals surface area contributed by atoms with E-state index in [1.807, 2.05) is 11.8 Å². The lowest BCUT2D eigenvalue weighted by molar-refractivity contribution is -0.384. The van der Waals surface area contributed by atoms with Crippen molar-refractivity contribution in [2.45, 2.75) is 70.3 Å². The van der Waals surface area contributed by atoms with E-state index in [9.17, 15) is 24.5 Å². The zero-order valence-electron chi connectivity index (χ0n) is 21.8. The van der Waals surface area contributed by atoms with Crippen LogP contribution < -0.4 is 5.32 Å². The van der Waals surface area contributed by atoms with Gasteiger partial charge in [-0.25, -0.2) is 4.79 Å².